The highest BCUT2D eigenvalue weighted by Crippen LogP contribution is 2.34. The van der Waals surface area contributed by atoms with Crippen molar-refractivity contribution in [2.24, 2.45) is 0 Å². The zero-order valence-electron chi connectivity index (χ0n) is 14.3. The minimum atomic E-state index is -0.494. The molecule has 0 saturated carbocycles. The van der Waals surface area contributed by atoms with Crippen molar-refractivity contribution in [2.75, 3.05) is 18.0 Å². The number of rotatable bonds is 2. The van der Waals surface area contributed by atoms with Crippen molar-refractivity contribution in [3.8, 4) is 0 Å². The molecule has 1 aromatic rings. The van der Waals surface area contributed by atoms with Crippen LogP contribution in [0.25, 0.3) is 0 Å². The van der Waals surface area contributed by atoms with E-state index in [-0.39, 0.29) is 23.9 Å². The predicted molar refractivity (Wildman–Crippen MR) is 90.2 cm³/mol. The summed E-state index contributed by atoms with van der Waals surface area (Å²) in [7, 11) is 0. The molecule has 24 heavy (non-hydrogen) atoms. The Kier molecular flexibility index (Phi) is 4.11. The van der Waals surface area contributed by atoms with Gasteiger partial charge in [0.1, 0.15) is 5.60 Å². The van der Waals surface area contributed by atoms with E-state index >= 15 is 0 Å². The summed E-state index contributed by atoms with van der Waals surface area (Å²) in [4.78, 5) is 26.9. The number of benzene rings is 1. The molecule has 0 aliphatic carbocycles. The van der Waals surface area contributed by atoms with E-state index in [1.807, 2.05) is 25.7 Å². The average Bonchev–Trinajstić information content (AvgIpc) is 2.76. The highest BCUT2D eigenvalue weighted by Gasteiger charge is 2.44. The number of hydrogen-bond donors (Lipinski definition) is 0. The summed E-state index contributed by atoms with van der Waals surface area (Å²) >= 11 is 0. The van der Waals surface area contributed by atoms with Gasteiger partial charge in [0.05, 0.1) is 17.0 Å². The number of fused-ring (bicyclic) bond motifs is 2. The summed E-state index contributed by atoms with van der Waals surface area (Å²) < 4.78 is 5.53. The van der Waals surface area contributed by atoms with Gasteiger partial charge in [0.15, 0.2) is 0 Å². The van der Waals surface area contributed by atoms with Gasteiger partial charge in [-0.05, 0) is 45.7 Å². The molecule has 7 heteroatoms. The maximum atomic E-state index is 12.4. The molecule has 2 heterocycles. The maximum Gasteiger partial charge on any atom is 0.410 e. The molecule has 2 saturated heterocycles. The highest BCUT2D eigenvalue weighted by molar-refractivity contribution is 5.70. The third kappa shape index (κ3) is 3.29. The van der Waals surface area contributed by atoms with Gasteiger partial charge in [-0.15, -0.1) is 0 Å². The number of piperazine rings is 1. The van der Waals surface area contributed by atoms with E-state index < -0.39 is 10.5 Å². The van der Waals surface area contributed by atoms with Crippen LogP contribution < -0.4 is 4.90 Å². The molecule has 2 aliphatic heterocycles. The lowest BCUT2D eigenvalue weighted by Crippen LogP contribution is -2.56. The van der Waals surface area contributed by atoms with Gasteiger partial charge >= 0.3 is 6.09 Å². The van der Waals surface area contributed by atoms with Gasteiger partial charge in [-0.1, -0.05) is 0 Å². The van der Waals surface area contributed by atoms with Gasteiger partial charge in [-0.2, -0.15) is 0 Å². The van der Waals surface area contributed by atoms with Crippen LogP contribution in [0.5, 0.6) is 0 Å². The number of anilines is 1. The average molecular weight is 333 g/mol. The molecule has 2 unspecified atom stereocenters. The van der Waals surface area contributed by atoms with Crippen LogP contribution in [0.1, 0.15) is 33.6 Å². The molecule has 1 amide bonds. The van der Waals surface area contributed by atoms with E-state index in [9.17, 15) is 14.9 Å². The third-order valence-corrected chi connectivity index (χ3v) is 4.51. The molecule has 2 fully saturated rings. The van der Waals surface area contributed by atoms with Crippen molar-refractivity contribution in [2.45, 2.75) is 51.3 Å². The summed E-state index contributed by atoms with van der Waals surface area (Å²) in [5.74, 6) is 0. The Morgan fingerprint density at radius 3 is 2.17 bits per heavy atom. The Balaban J connectivity index is 1.71. The lowest BCUT2D eigenvalue weighted by Gasteiger charge is -2.42. The molecule has 1 aromatic carbocycles. The molecule has 2 atom stereocenters. The summed E-state index contributed by atoms with van der Waals surface area (Å²) in [5.41, 5.74) is 0.557. The molecule has 0 aromatic heterocycles. The van der Waals surface area contributed by atoms with Crippen molar-refractivity contribution < 1.29 is 14.5 Å². The first kappa shape index (κ1) is 16.5. The number of nitro benzene ring substituents is 1. The summed E-state index contributed by atoms with van der Waals surface area (Å²) in [5, 5.41) is 10.8. The van der Waals surface area contributed by atoms with E-state index in [0.29, 0.717) is 0 Å². The van der Waals surface area contributed by atoms with Gasteiger partial charge in [0.25, 0.3) is 5.69 Å². The zero-order chi connectivity index (χ0) is 17.5. The van der Waals surface area contributed by atoms with Crippen LogP contribution in [0.4, 0.5) is 16.2 Å². The predicted octanol–water partition coefficient (Wildman–Crippen LogP) is 3.18. The van der Waals surface area contributed by atoms with E-state index in [4.69, 9.17) is 4.74 Å². The van der Waals surface area contributed by atoms with E-state index in [1.165, 1.54) is 12.1 Å². The normalized spacial score (nSPS) is 23.3. The monoisotopic (exact) mass is 333 g/mol. The SMILES string of the molecule is CC(C)(C)OC(=O)N1C2CCC1CN(c1ccc([N+](=O)[O-])cc1)C2. The van der Waals surface area contributed by atoms with Crippen molar-refractivity contribution in [3.63, 3.8) is 0 Å². The van der Waals surface area contributed by atoms with Crippen molar-refractivity contribution >= 4 is 17.5 Å². The number of amides is 1. The summed E-state index contributed by atoms with van der Waals surface area (Å²) in [6, 6.07) is 6.87. The van der Waals surface area contributed by atoms with Gasteiger partial charge in [0.2, 0.25) is 0 Å². The first-order valence-corrected chi connectivity index (χ1v) is 8.25. The molecule has 2 aliphatic rings. The fourth-order valence-electron chi connectivity index (χ4n) is 3.51. The second-order valence-electron chi connectivity index (χ2n) is 7.45. The van der Waals surface area contributed by atoms with Crippen LogP contribution in [0.2, 0.25) is 0 Å². The summed E-state index contributed by atoms with van der Waals surface area (Å²) in [6.45, 7) is 7.08. The van der Waals surface area contributed by atoms with Crippen LogP contribution in [-0.2, 0) is 4.74 Å². The number of ether oxygens (including phenoxy) is 1. The van der Waals surface area contributed by atoms with Crippen molar-refractivity contribution in [1.82, 2.24) is 4.90 Å². The first-order chi connectivity index (χ1) is 11.2. The molecular formula is C17H23N3O4. The Hall–Kier alpha value is -2.31. The number of non-ortho nitro benzene ring substituents is 1. The maximum absolute atomic E-state index is 12.4. The molecule has 3 rings (SSSR count). The van der Waals surface area contributed by atoms with Crippen LogP contribution in [0.15, 0.2) is 24.3 Å². The lowest BCUT2D eigenvalue weighted by atomic mass is 10.1. The molecular weight excluding hydrogens is 310 g/mol. The number of hydrogen-bond acceptors (Lipinski definition) is 5. The summed E-state index contributed by atoms with van der Waals surface area (Å²) in [6.07, 6.45) is 1.69. The van der Waals surface area contributed by atoms with Gasteiger partial charge in [-0.25, -0.2) is 4.79 Å². The third-order valence-electron chi connectivity index (χ3n) is 4.51. The second kappa shape index (κ2) is 5.96. The first-order valence-electron chi connectivity index (χ1n) is 8.25. The van der Waals surface area contributed by atoms with Crippen molar-refractivity contribution in [1.29, 1.82) is 0 Å². The van der Waals surface area contributed by atoms with E-state index in [2.05, 4.69) is 4.90 Å². The molecule has 130 valence electrons. The second-order valence-corrected chi connectivity index (χ2v) is 7.45. The minimum absolute atomic E-state index is 0.0918. The lowest BCUT2D eigenvalue weighted by molar-refractivity contribution is -0.384. The molecule has 0 radical (unpaired) electrons. The Bertz CT molecular complexity index is 624. The van der Waals surface area contributed by atoms with E-state index in [0.717, 1.165) is 31.6 Å². The molecule has 7 nitrogen and oxygen atoms in total. The van der Waals surface area contributed by atoms with Gasteiger partial charge in [-0.3, -0.25) is 15.0 Å². The van der Waals surface area contributed by atoms with Crippen molar-refractivity contribution in [3.05, 3.63) is 34.4 Å². The molecule has 0 N–H and O–H groups in total. The molecule has 2 bridgehead atoms. The quantitative estimate of drug-likeness (QED) is 0.614. The number of nitrogens with zero attached hydrogens (tertiary/aromatic N) is 3. The minimum Gasteiger partial charge on any atom is -0.444 e. The fourth-order valence-corrected chi connectivity index (χ4v) is 3.51. The Morgan fingerprint density at radius 2 is 1.71 bits per heavy atom. The standard InChI is InChI=1S/C17H23N3O4/c1-17(2,3)24-16(21)19-14-8-9-15(19)11-18(10-14)12-4-6-13(7-5-12)20(22)23/h4-7,14-15H,8-11H2,1-3H3. The topological polar surface area (TPSA) is 75.9 Å². The Labute approximate surface area is 141 Å². The van der Waals surface area contributed by atoms with Gasteiger partial charge in [0, 0.05) is 30.9 Å². The smallest absolute Gasteiger partial charge is 0.410 e. The number of carbonyl (C=O) groups is 1. The van der Waals surface area contributed by atoms with E-state index in [1.54, 1.807) is 12.1 Å². The van der Waals surface area contributed by atoms with Crippen LogP contribution in [0.3, 0.4) is 0 Å². The largest absolute Gasteiger partial charge is 0.444 e. The Morgan fingerprint density at radius 1 is 1.17 bits per heavy atom. The van der Waals surface area contributed by atoms with Crippen LogP contribution in [0, 0.1) is 10.1 Å². The van der Waals surface area contributed by atoms with Crippen LogP contribution in [-0.4, -0.2) is 46.7 Å². The van der Waals surface area contributed by atoms with Gasteiger partial charge < -0.3 is 9.64 Å². The fraction of sp³-hybridized carbons (Fsp3) is 0.588. The number of carbonyl (C=O) groups excluding carboxylic acids is 1. The molecule has 0 spiro atoms. The highest BCUT2D eigenvalue weighted by atomic mass is 16.6. The zero-order valence-corrected chi connectivity index (χ0v) is 14.3. The number of nitro groups is 1. The van der Waals surface area contributed by atoms with Crippen LogP contribution >= 0.6 is 0 Å².